The monoisotopic (exact) mass is 549 g/mol. The smallest absolute Gasteiger partial charge is 0.213 e. The summed E-state index contributed by atoms with van der Waals surface area (Å²) in [5.74, 6) is 0.866. The zero-order chi connectivity index (χ0) is 28.2. The standard InChI is InChI=1S/C27H27N5O6S/c1-17(26(33)19-13-11-18(15-28)12-14-19)39(34,35)16-23-30-31-27(20-7-5-10-24(29-20)38-4)32(23)25-21(36-2)8-6-9-22(25)37-3/h5-14,17,26,33H,16H2,1-4H3/t17-,26+/m1/s1. The van der Waals surface area contributed by atoms with E-state index in [1.807, 2.05) is 6.07 Å². The molecule has 2 heterocycles. The summed E-state index contributed by atoms with van der Waals surface area (Å²) >= 11 is 0. The summed E-state index contributed by atoms with van der Waals surface area (Å²) in [5, 5.41) is 27.2. The first-order valence-corrected chi connectivity index (χ1v) is 13.5. The molecule has 0 aliphatic rings. The van der Waals surface area contributed by atoms with Crippen LogP contribution >= 0.6 is 0 Å². The summed E-state index contributed by atoms with van der Waals surface area (Å²) in [7, 11) is 0.461. The van der Waals surface area contributed by atoms with Crippen molar-refractivity contribution in [3.8, 4) is 40.7 Å². The summed E-state index contributed by atoms with van der Waals surface area (Å²) in [6.45, 7) is 1.42. The maximum Gasteiger partial charge on any atom is 0.213 e. The molecule has 0 radical (unpaired) electrons. The van der Waals surface area contributed by atoms with Gasteiger partial charge in [-0.25, -0.2) is 13.4 Å². The number of hydrogen-bond acceptors (Lipinski definition) is 10. The number of aliphatic hydroxyl groups is 1. The minimum Gasteiger partial charge on any atom is -0.494 e. The van der Waals surface area contributed by atoms with Crippen LogP contribution in [0.2, 0.25) is 0 Å². The number of pyridine rings is 1. The van der Waals surface area contributed by atoms with Crippen molar-refractivity contribution in [2.75, 3.05) is 21.3 Å². The predicted molar refractivity (Wildman–Crippen MR) is 142 cm³/mol. The van der Waals surface area contributed by atoms with Gasteiger partial charge in [0.05, 0.1) is 44.3 Å². The molecule has 0 saturated carbocycles. The maximum atomic E-state index is 13.6. The van der Waals surface area contributed by atoms with E-state index in [9.17, 15) is 13.5 Å². The molecule has 0 bridgehead atoms. The summed E-state index contributed by atoms with van der Waals surface area (Å²) < 4.78 is 45.1. The zero-order valence-electron chi connectivity index (χ0n) is 21.8. The van der Waals surface area contributed by atoms with Crippen LogP contribution in [0.1, 0.15) is 30.0 Å². The second kappa shape index (κ2) is 11.5. The van der Waals surface area contributed by atoms with Crippen LogP contribution in [0.5, 0.6) is 17.4 Å². The average molecular weight is 550 g/mol. The van der Waals surface area contributed by atoms with E-state index in [4.69, 9.17) is 19.5 Å². The number of nitriles is 1. The fourth-order valence-electron chi connectivity index (χ4n) is 4.05. The third kappa shape index (κ3) is 5.55. The molecule has 202 valence electrons. The van der Waals surface area contributed by atoms with Crippen molar-refractivity contribution < 1.29 is 27.7 Å². The van der Waals surface area contributed by atoms with Gasteiger partial charge in [0.1, 0.15) is 28.6 Å². The van der Waals surface area contributed by atoms with Crippen LogP contribution in [0.25, 0.3) is 17.2 Å². The maximum absolute atomic E-state index is 13.6. The zero-order valence-corrected chi connectivity index (χ0v) is 22.6. The molecule has 0 amide bonds. The Morgan fingerprint density at radius 2 is 1.59 bits per heavy atom. The fraction of sp³-hybridized carbons (Fsp3) is 0.259. The number of aliphatic hydroxyl groups excluding tert-OH is 1. The predicted octanol–water partition coefficient (Wildman–Crippen LogP) is 3.26. The van der Waals surface area contributed by atoms with Crippen molar-refractivity contribution >= 4 is 9.84 Å². The summed E-state index contributed by atoms with van der Waals surface area (Å²) in [5.41, 5.74) is 1.54. The van der Waals surface area contributed by atoms with E-state index in [2.05, 4.69) is 15.2 Å². The van der Waals surface area contributed by atoms with Crippen molar-refractivity contribution in [1.82, 2.24) is 19.7 Å². The lowest BCUT2D eigenvalue weighted by Gasteiger charge is -2.21. The molecular formula is C27H27N5O6S. The van der Waals surface area contributed by atoms with Gasteiger partial charge in [0, 0.05) is 6.07 Å². The second-order valence-electron chi connectivity index (χ2n) is 8.54. The van der Waals surface area contributed by atoms with Crippen LogP contribution in [0, 0.1) is 11.3 Å². The second-order valence-corrected chi connectivity index (χ2v) is 10.9. The van der Waals surface area contributed by atoms with Gasteiger partial charge in [0.15, 0.2) is 21.5 Å². The van der Waals surface area contributed by atoms with E-state index in [0.717, 1.165) is 0 Å². The first-order valence-electron chi connectivity index (χ1n) is 11.8. The van der Waals surface area contributed by atoms with Crippen molar-refractivity contribution in [3.05, 3.63) is 77.6 Å². The lowest BCUT2D eigenvalue weighted by molar-refractivity contribution is 0.176. The Kier molecular flexibility index (Phi) is 8.13. The minimum absolute atomic E-state index is 0.0660. The first kappa shape index (κ1) is 27.6. The van der Waals surface area contributed by atoms with E-state index in [1.54, 1.807) is 36.4 Å². The Hall–Kier alpha value is -4.47. The van der Waals surface area contributed by atoms with Gasteiger partial charge in [0.2, 0.25) is 5.88 Å². The van der Waals surface area contributed by atoms with Crippen LogP contribution in [0.3, 0.4) is 0 Å². The molecular weight excluding hydrogens is 522 g/mol. The van der Waals surface area contributed by atoms with E-state index in [-0.39, 0.29) is 11.6 Å². The van der Waals surface area contributed by atoms with Crippen LogP contribution in [-0.4, -0.2) is 59.9 Å². The highest BCUT2D eigenvalue weighted by atomic mass is 32.2. The van der Waals surface area contributed by atoms with Gasteiger partial charge < -0.3 is 19.3 Å². The topological polar surface area (TPSA) is 149 Å². The summed E-state index contributed by atoms with van der Waals surface area (Å²) in [6, 6.07) is 18.4. The molecule has 4 aromatic rings. The SMILES string of the molecule is COc1cccc(-c2nnc(CS(=O)(=O)[C@H](C)[C@H](O)c3ccc(C#N)cc3)n2-c2c(OC)cccc2OC)n1. The van der Waals surface area contributed by atoms with Gasteiger partial charge in [-0.15, -0.1) is 10.2 Å². The lowest BCUT2D eigenvalue weighted by atomic mass is 10.1. The van der Waals surface area contributed by atoms with Gasteiger partial charge in [-0.1, -0.05) is 24.3 Å². The van der Waals surface area contributed by atoms with E-state index >= 15 is 0 Å². The van der Waals surface area contributed by atoms with Crippen molar-refractivity contribution in [3.63, 3.8) is 0 Å². The van der Waals surface area contributed by atoms with Gasteiger partial charge in [-0.05, 0) is 42.8 Å². The Bertz CT molecular complexity index is 1590. The third-order valence-corrected chi connectivity index (χ3v) is 8.29. The average Bonchev–Trinajstić information content (AvgIpc) is 3.37. The molecule has 1 N–H and O–H groups in total. The van der Waals surface area contributed by atoms with Crippen molar-refractivity contribution in [2.24, 2.45) is 0 Å². The molecule has 2 atom stereocenters. The van der Waals surface area contributed by atoms with Gasteiger partial charge >= 0.3 is 0 Å². The molecule has 0 saturated heterocycles. The number of hydrogen-bond donors (Lipinski definition) is 1. The van der Waals surface area contributed by atoms with Gasteiger partial charge in [-0.3, -0.25) is 4.57 Å². The summed E-state index contributed by atoms with van der Waals surface area (Å²) in [4.78, 5) is 4.45. The van der Waals surface area contributed by atoms with Gasteiger partial charge in [-0.2, -0.15) is 5.26 Å². The largest absolute Gasteiger partial charge is 0.494 e. The number of ether oxygens (including phenoxy) is 3. The number of sulfone groups is 1. The van der Waals surface area contributed by atoms with Gasteiger partial charge in [0.25, 0.3) is 0 Å². The number of methoxy groups -OCH3 is 3. The molecule has 11 nitrogen and oxygen atoms in total. The van der Waals surface area contributed by atoms with Crippen LogP contribution in [-0.2, 0) is 15.6 Å². The van der Waals surface area contributed by atoms with Crippen molar-refractivity contribution in [2.45, 2.75) is 24.0 Å². The molecule has 2 aromatic carbocycles. The van der Waals surface area contributed by atoms with Crippen molar-refractivity contribution in [1.29, 1.82) is 5.26 Å². The Balaban J connectivity index is 1.82. The number of benzene rings is 2. The Morgan fingerprint density at radius 1 is 0.949 bits per heavy atom. The molecule has 0 unspecified atom stereocenters. The Morgan fingerprint density at radius 3 is 2.18 bits per heavy atom. The number of para-hydroxylation sites is 1. The molecule has 0 aliphatic heterocycles. The highest BCUT2D eigenvalue weighted by Gasteiger charge is 2.33. The number of aromatic nitrogens is 4. The van der Waals surface area contributed by atoms with E-state index in [1.165, 1.54) is 57.1 Å². The molecule has 4 rings (SSSR count). The quantitative estimate of drug-likeness (QED) is 0.312. The molecule has 0 fully saturated rings. The molecule has 2 aromatic heterocycles. The van der Waals surface area contributed by atoms with E-state index < -0.39 is 26.9 Å². The normalized spacial score (nSPS) is 12.8. The molecule has 39 heavy (non-hydrogen) atoms. The van der Waals surface area contributed by atoms with Crippen LogP contribution in [0.4, 0.5) is 0 Å². The highest BCUT2D eigenvalue weighted by molar-refractivity contribution is 7.91. The summed E-state index contributed by atoms with van der Waals surface area (Å²) in [6.07, 6.45) is -1.33. The highest BCUT2D eigenvalue weighted by Crippen LogP contribution is 2.37. The fourth-order valence-corrected chi connectivity index (χ4v) is 5.41. The molecule has 0 aliphatic carbocycles. The number of nitrogens with zero attached hydrogens (tertiary/aromatic N) is 5. The molecule has 0 spiro atoms. The van der Waals surface area contributed by atoms with E-state index in [0.29, 0.717) is 39.9 Å². The lowest BCUT2D eigenvalue weighted by Crippen LogP contribution is -2.28. The third-order valence-electron chi connectivity index (χ3n) is 6.24. The first-order chi connectivity index (χ1) is 18.7. The number of rotatable bonds is 10. The van der Waals surface area contributed by atoms with Crippen LogP contribution < -0.4 is 14.2 Å². The Labute approximate surface area is 226 Å². The minimum atomic E-state index is -3.99. The van der Waals surface area contributed by atoms with Crippen LogP contribution in [0.15, 0.2) is 60.7 Å². The molecule has 12 heteroatoms.